The summed E-state index contributed by atoms with van der Waals surface area (Å²) in [7, 11) is 0. The number of primary amides is 1. The van der Waals surface area contributed by atoms with Crippen molar-refractivity contribution in [3.63, 3.8) is 0 Å². The molecule has 1 saturated heterocycles. The van der Waals surface area contributed by atoms with Crippen molar-refractivity contribution >= 4 is 46.6 Å². The Balaban J connectivity index is 1.78. The van der Waals surface area contributed by atoms with E-state index in [0.29, 0.717) is 39.5 Å². The third-order valence-corrected chi connectivity index (χ3v) is 6.50. The molecule has 30 heavy (non-hydrogen) atoms. The van der Waals surface area contributed by atoms with Gasteiger partial charge >= 0.3 is 0 Å². The van der Waals surface area contributed by atoms with Crippen LogP contribution in [0.2, 0.25) is 15.1 Å². The van der Waals surface area contributed by atoms with Crippen LogP contribution in [0.3, 0.4) is 0 Å². The fourth-order valence-electron chi connectivity index (χ4n) is 3.82. The van der Waals surface area contributed by atoms with Crippen molar-refractivity contribution in [1.29, 1.82) is 0 Å². The Morgan fingerprint density at radius 2 is 1.83 bits per heavy atom. The maximum Gasteiger partial charge on any atom is 0.253 e. The summed E-state index contributed by atoms with van der Waals surface area (Å²) in [5, 5.41) is 1.37. The number of piperidine rings is 1. The summed E-state index contributed by atoms with van der Waals surface area (Å²) in [6, 6.07) is 10.2. The van der Waals surface area contributed by atoms with Gasteiger partial charge in [0, 0.05) is 35.5 Å². The normalized spacial score (nSPS) is 18.9. The molecule has 1 heterocycles. The molecule has 0 bridgehead atoms. The van der Waals surface area contributed by atoms with Gasteiger partial charge in [0.25, 0.3) is 5.91 Å². The zero-order valence-electron chi connectivity index (χ0n) is 16.6. The molecule has 0 aliphatic carbocycles. The van der Waals surface area contributed by atoms with Crippen LogP contribution in [0.5, 0.6) is 5.75 Å². The fraction of sp³-hybridized carbons (Fsp3) is 0.364. The van der Waals surface area contributed by atoms with E-state index >= 15 is 0 Å². The fourth-order valence-corrected chi connectivity index (χ4v) is 4.23. The van der Waals surface area contributed by atoms with E-state index in [-0.39, 0.29) is 18.9 Å². The number of amides is 2. The summed E-state index contributed by atoms with van der Waals surface area (Å²) in [5.74, 6) is 0.0767. The Morgan fingerprint density at radius 1 is 1.10 bits per heavy atom. The first kappa shape index (κ1) is 22.7. The number of rotatable bonds is 6. The predicted molar refractivity (Wildman–Crippen MR) is 120 cm³/mol. The van der Waals surface area contributed by atoms with Crippen molar-refractivity contribution in [2.24, 2.45) is 11.1 Å². The van der Waals surface area contributed by atoms with Gasteiger partial charge in [-0.3, -0.25) is 9.59 Å². The third kappa shape index (κ3) is 5.39. The second kappa shape index (κ2) is 9.46. The minimum atomic E-state index is -0.566. The topological polar surface area (TPSA) is 72.6 Å². The van der Waals surface area contributed by atoms with Gasteiger partial charge in [-0.15, -0.1) is 0 Å². The molecule has 8 heteroatoms. The number of likely N-dealkylation sites (tertiary alicyclic amines) is 1. The molecule has 0 unspecified atom stereocenters. The Hall–Kier alpha value is -1.95. The minimum absolute atomic E-state index is 0.130. The van der Waals surface area contributed by atoms with E-state index in [4.69, 9.17) is 45.3 Å². The summed E-state index contributed by atoms with van der Waals surface area (Å²) in [6.45, 7) is 3.11. The first-order valence-electron chi connectivity index (χ1n) is 9.61. The monoisotopic (exact) mass is 468 g/mol. The highest BCUT2D eigenvalue weighted by Gasteiger charge is 2.39. The van der Waals surface area contributed by atoms with Crippen LogP contribution in [0.15, 0.2) is 36.4 Å². The summed E-state index contributed by atoms with van der Waals surface area (Å²) >= 11 is 18.1. The second-order valence-corrected chi connectivity index (χ2v) is 9.02. The molecule has 0 aromatic heterocycles. The van der Waals surface area contributed by atoms with Crippen LogP contribution in [0, 0.1) is 12.3 Å². The molecule has 0 radical (unpaired) electrons. The SMILES string of the molecule is Cc1cc(OC[C@@]2(CC(N)=O)CCCN(C(=O)c3ccc(Cl)c(Cl)c3)C2)ccc1Cl. The number of halogens is 3. The average molecular weight is 470 g/mol. The summed E-state index contributed by atoms with van der Waals surface area (Å²) < 4.78 is 6.01. The zero-order chi connectivity index (χ0) is 21.9. The highest BCUT2D eigenvalue weighted by atomic mass is 35.5. The number of nitrogens with zero attached hydrogens (tertiary/aromatic N) is 1. The van der Waals surface area contributed by atoms with Gasteiger partial charge in [0.2, 0.25) is 5.91 Å². The van der Waals surface area contributed by atoms with Crippen LogP contribution in [0.4, 0.5) is 0 Å². The molecule has 2 N–H and O–H groups in total. The lowest BCUT2D eigenvalue weighted by atomic mass is 9.77. The molecular formula is C22H23Cl3N2O3. The molecule has 0 saturated carbocycles. The van der Waals surface area contributed by atoms with Crippen molar-refractivity contribution in [1.82, 2.24) is 4.90 Å². The smallest absolute Gasteiger partial charge is 0.253 e. The lowest BCUT2D eigenvalue weighted by Crippen LogP contribution is -2.50. The van der Waals surface area contributed by atoms with Crippen molar-refractivity contribution in [2.45, 2.75) is 26.2 Å². The second-order valence-electron chi connectivity index (χ2n) is 7.80. The van der Waals surface area contributed by atoms with E-state index in [9.17, 15) is 9.59 Å². The summed E-state index contributed by atoms with van der Waals surface area (Å²) in [4.78, 5) is 26.6. The van der Waals surface area contributed by atoms with Gasteiger partial charge in [0.1, 0.15) is 5.75 Å². The average Bonchev–Trinajstić information content (AvgIpc) is 2.70. The van der Waals surface area contributed by atoms with Gasteiger partial charge in [-0.25, -0.2) is 0 Å². The third-order valence-electron chi connectivity index (χ3n) is 5.34. The number of hydrogen-bond acceptors (Lipinski definition) is 3. The quantitative estimate of drug-likeness (QED) is 0.637. The standard InChI is InChI=1S/C22H23Cl3N2O3/c1-14-9-16(4-6-17(14)23)30-13-22(11-20(26)28)7-2-8-27(12-22)21(29)15-3-5-18(24)19(25)10-15/h3-6,9-10H,2,7-8,11-13H2,1H3,(H2,26,28)/t22-/m1/s1. The van der Waals surface area contributed by atoms with Gasteiger partial charge in [0.15, 0.2) is 0 Å². The molecule has 3 rings (SSSR count). The molecule has 2 aromatic rings. The maximum atomic E-state index is 13.0. The Morgan fingerprint density at radius 3 is 2.50 bits per heavy atom. The van der Waals surface area contributed by atoms with Crippen LogP contribution in [-0.2, 0) is 4.79 Å². The first-order chi connectivity index (χ1) is 14.2. The predicted octanol–water partition coefficient (Wildman–Crippen LogP) is 5.13. The molecule has 1 atom stereocenters. The number of hydrogen-bond donors (Lipinski definition) is 1. The molecular weight excluding hydrogens is 447 g/mol. The van der Waals surface area contributed by atoms with Crippen LogP contribution >= 0.6 is 34.8 Å². The first-order valence-corrected chi connectivity index (χ1v) is 10.7. The van der Waals surface area contributed by atoms with Gasteiger partial charge in [-0.05, 0) is 61.7 Å². The molecule has 0 spiro atoms. The molecule has 2 amide bonds. The van der Waals surface area contributed by atoms with Crippen molar-refractivity contribution in [3.05, 3.63) is 62.6 Å². The largest absolute Gasteiger partial charge is 0.493 e. The number of aryl methyl sites for hydroxylation is 1. The van der Waals surface area contributed by atoms with E-state index in [0.717, 1.165) is 18.4 Å². The number of carbonyl (C=O) groups excluding carboxylic acids is 2. The van der Waals surface area contributed by atoms with E-state index in [1.165, 1.54) is 0 Å². The van der Waals surface area contributed by atoms with E-state index in [1.54, 1.807) is 35.2 Å². The lowest BCUT2D eigenvalue weighted by Gasteiger charge is -2.42. The Labute approximate surface area is 191 Å². The lowest BCUT2D eigenvalue weighted by molar-refractivity contribution is -0.122. The number of benzene rings is 2. The zero-order valence-corrected chi connectivity index (χ0v) is 18.9. The van der Waals surface area contributed by atoms with E-state index in [2.05, 4.69) is 0 Å². The van der Waals surface area contributed by atoms with Gasteiger partial charge in [0.05, 0.1) is 16.7 Å². The summed E-state index contributed by atoms with van der Waals surface area (Å²) in [6.07, 6.45) is 1.60. The molecule has 1 aliphatic heterocycles. The van der Waals surface area contributed by atoms with Gasteiger partial charge in [-0.1, -0.05) is 34.8 Å². The van der Waals surface area contributed by atoms with Gasteiger partial charge in [-0.2, -0.15) is 0 Å². The van der Waals surface area contributed by atoms with E-state index < -0.39 is 11.3 Å². The number of ether oxygens (including phenoxy) is 1. The number of nitrogens with two attached hydrogens (primary N) is 1. The molecule has 160 valence electrons. The molecule has 5 nitrogen and oxygen atoms in total. The van der Waals surface area contributed by atoms with Crippen LogP contribution < -0.4 is 10.5 Å². The van der Waals surface area contributed by atoms with Crippen molar-refractivity contribution < 1.29 is 14.3 Å². The van der Waals surface area contributed by atoms with Crippen molar-refractivity contribution in [3.8, 4) is 5.75 Å². The van der Waals surface area contributed by atoms with Crippen LogP contribution in [0.1, 0.15) is 35.2 Å². The minimum Gasteiger partial charge on any atom is -0.493 e. The summed E-state index contributed by atoms with van der Waals surface area (Å²) in [5.41, 5.74) is 6.33. The number of carbonyl (C=O) groups is 2. The van der Waals surface area contributed by atoms with Crippen LogP contribution in [-0.4, -0.2) is 36.4 Å². The Kier molecular flexibility index (Phi) is 7.17. The van der Waals surface area contributed by atoms with E-state index in [1.807, 2.05) is 13.0 Å². The van der Waals surface area contributed by atoms with Crippen molar-refractivity contribution in [2.75, 3.05) is 19.7 Å². The molecule has 1 fully saturated rings. The van der Waals surface area contributed by atoms with Crippen LogP contribution in [0.25, 0.3) is 0 Å². The molecule has 1 aliphatic rings. The highest BCUT2D eigenvalue weighted by Crippen LogP contribution is 2.36. The maximum absolute atomic E-state index is 13.0. The van der Waals surface area contributed by atoms with Gasteiger partial charge < -0.3 is 15.4 Å². The molecule has 2 aromatic carbocycles. The highest BCUT2D eigenvalue weighted by molar-refractivity contribution is 6.42. The Bertz CT molecular complexity index is 967.